The molecule has 26 heavy (non-hydrogen) atoms. The molecule has 0 atom stereocenters. The summed E-state index contributed by atoms with van der Waals surface area (Å²) < 4.78 is 5.30. The predicted octanol–water partition coefficient (Wildman–Crippen LogP) is -0.0595. The SMILES string of the molecule is CN=C(NCCN1C(=O)CNC1=O)NC1CN(C(=O)OC(C)(C)C)C1.I. The van der Waals surface area contributed by atoms with Crippen LogP contribution in [0.1, 0.15) is 20.8 Å². The number of guanidine groups is 1. The second-order valence-electron chi connectivity index (χ2n) is 6.93. The summed E-state index contributed by atoms with van der Waals surface area (Å²) in [4.78, 5) is 41.7. The van der Waals surface area contributed by atoms with Crippen LogP contribution in [-0.2, 0) is 9.53 Å². The summed E-state index contributed by atoms with van der Waals surface area (Å²) in [5.41, 5.74) is -0.507. The van der Waals surface area contributed by atoms with Gasteiger partial charge in [-0.25, -0.2) is 9.59 Å². The molecule has 2 aliphatic heterocycles. The van der Waals surface area contributed by atoms with Gasteiger partial charge in [-0.3, -0.25) is 14.7 Å². The van der Waals surface area contributed by atoms with Crippen LogP contribution in [0.4, 0.5) is 9.59 Å². The summed E-state index contributed by atoms with van der Waals surface area (Å²) in [6.07, 6.45) is -0.327. The number of rotatable bonds is 4. The number of nitrogens with zero attached hydrogens (tertiary/aromatic N) is 3. The number of ether oxygens (including phenoxy) is 1. The molecule has 2 aliphatic rings. The number of amides is 4. The minimum Gasteiger partial charge on any atom is -0.444 e. The van der Waals surface area contributed by atoms with Crippen molar-refractivity contribution in [3.8, 4) is 0 Å². The van der Waals surface area contributed by atoms with Gasteiger partial charge in [0.05, 0.1) is 12.6 Å². The van der Waals surface area contributed by atoms with E-state index >= 15 is 0 Å². The smallest absolute Gasteiger partial charge is 0.410 e. The van der Waals surface area contributed by atoms with E-state index in [1.807, 2.05) is 20.8 Å². The third-order valence-electron chi connectivity index (χ3n) is 3.66. The molecule has 0 bridgehead atoms. The second kappa shape index (κ2) is 9.24. The lowest BCUT2D eigenvalue weighted by atomic mass is 10.1. The van der Waals surface area contributed by atoms with Gasteiger partial charge in [-0.1, -0.05) is 0 Å². The summed E-state index contributed by atoms with van der Waals surface area (Å²) in [7, 11) is 1.63. The van der Waals surface area contributed by atoms with Crippen molar-refractivity contribution in [2.45, 2.75) is 32.4 Å². The molecular formula is C15H27IN6O4. The summed E-state index contributed by atoms with van der Waals surface area (Å²) in [6.45, 7) is 7.26. The van der Waals surface area contributed by atoms with Gasteiger partial charge < -0.3 is 25.6 Å². The number of urea groups is 1. The van der Waals surface area contributed by atoms with Crippen LogP contribution in [0.25, 0.3) is 0 Å². The normalized spacial score (nSPS) is 18.1. The van der Waals surface area contributed by atoms with Crippen LogP contribution in [0, 0.1) is 0 Å². The molecule has 0 aromatic heterocycles. The maximum atomic E-state index is 11.9. The van der Waals surface area contributed by atoms with Crippen LogP contribution in [0.2, 0.25) is 0 Å². The van der Waals surface area contributed by atoms with Crippen molar-refractivity contribution in [1.82, 2.24) is 25.8 Å². The maximum Gasteiger partial charge on any atom is 0.410 e. The number of imide groups is 1. The minimum atomic E-state index is -0.507. The fraction of sp³-hybridized carbons (Fsp3) is 0.733. The third kappa shape index (κ3) is 6.18. The monoisotopic (exact) mass is 482 g/mol. The zero-order valence-electron chi connectivity index (χ0n) is 15.5. The molecule has 0 aromatic rings. The van der Waals surface area contributed by atoms with Crippen LogP contribution in [0.15, 0.2) is 4.99 Å². The van der Waals surface area contributed by atoms with Gasteiger partial charge in [0, 0.05) is 33.2 Å². The van der Waals surface area contributed by atoms with Crippen molar-refractivity contribution in [2.75, 3.05) is 39.8 Å². The predicted molar refractivity (Wildman–Crippen MR) is 107 cm³/mol. The lowest BCUT2D eigenvalue weighted by Gasteiger charge is -2.40. The van der Waals surface area contributed by atoms with Gasteiger partial charge in [-0.05, 0) is 20.8 Å². The largest absolute Gasteiger partial charge is 0.444 e. The van der Waals surface area contributed by atoms with Crippen LogP contribution in [0.3, 0.4) is 0 Å². The average molecular weight is 482 g/mol. The molecule has 10 nitrogen and oxygen atoms in total. The molecule has 4 amide bonds. The first-order valence-electron chi connectivity index (χ1n) is 8.23. The van der Waals surface area contributed by atoms with Gasteiger partial charge >= 0.3 is 12.1 Å². The molecule has 3 N–H and O–H groups in total. The van der Waals surface area contributed by atoms with E-state index in [0.717, 1.165) is 4.90 Å². The molecule has 0 aromatic carbocycles. The Kier molecular flexibility index (Phi) is 7.90. The number of hydrogen-bond acceptors (Lipinski definition) is 5. The van der Waals surface area contributed by atoms with Crippen LogP contribution in [0.5, 0.6) is 0 Å². The molecule has 0 saturated carbocycles. The number of nitrogens with one attached hydrogen (secondary N) is 3. The molecule has 0 unspecified atom stereocenters. The van der Waals surface area contributed by atoms with Crippen molar-refractivity contribution < 1.29 is 19.1 Å². The Labute approximate surface area is 170 Å². The number of hydrogen-bond donors (Lipinski definition) is 3. The lowest BCUT2D eigenvalue weighted by Crippen LogP contribution is -2.63. The Morgan fingerprint density at radius 2 is 2.00 bits per heavy atom. The van der Waals surface area contributed by atoms with Crippen LogP contribution >= 0.6 is 24.0 Å². The topological polar surface area (TPSA) is 115 Å². The Balaban J connectivity index is 0.00000338. The van der Waals surface area contributed by atoms with Gasteiger partial charge in [0.2, 0.25) is 5.91 Å². The highest BCUT2D eigenvalue weighted by Crippen LogP contribution is 2.15. The Hall–Kier alpha value is -1.79. The molecular weight excluding hydrogens is 455 g/mol. The van der Waals surface area contributed by atoms with Gasteiger partial charge in [-0.2, -0.15) is 0 Å². The number of carbonyl (C=O) groups is 3. The molecule has 11 heteroatoms. The van der Waals surface area contributed by atoms with Crippen LogP contribution in [-0.4, -0.2) is 85.2 Å². The maximum absolute atomic E-state index is 11.9. The quantitative estimate of drug-likeness (QED) is 0.224. The highest BCUT2D eigenvalue weighted by atomic mass is 127. The van der Waals surface area contributed by atoms with Crippen molar-refractivity contribution in [1.29, 1.82) is 0 Å². The summed E-state index contributed by atoms with van der Waals surface area (Å²) in [5, 5.41) is 8.70. The van der Waals surface area contributed by atoms with E-state index in [1.165, 1.54) is 0 Å². The minimum absolute atomic E-state index is 0. The highest BCUT2D eigenvalue weighted by Gasteiger charge is 2.34. The zero-order chi connectivity index (χ0) is 18.6. The molecule has 0 radical (unpaired) electrons. The Morgan fingerprint density at radius 1 is 1.35 bits per heavy atom. The van der Waals surface area contributed by atoms with E-state index in [1.54, 1.807) is 11.9 Å². The van der Waals surface area contributed by atoms with Gasteiger partial charge in [0.15, 0.2) is 5.96 Å². The number of aliphatic imine (C=N–C) groups is 1. The molecule has 0 spiro atoms. The number of halogens is 1. The highest BCUT2D eigenvalue weighted by molar-refractivity contribution is 14.0. The van der Waals surface area contributed by atoms with E-state index in [4.69, 9.17) is 4.74 Å². The van der Waals surface area contributed by atoms with Crippen molar-refractivity contribution in [2.24, 2.45) is 4.99 Å². The van der Waals surface area contributed by atoms with Crippen LogP contribution < -0.4 is 16.0 Å². The summed E-state index contributed by atoms with van der Waals surface area (Å²) in [6, 6.07) is -0.294. The van der Waals surface area contributed by atoms with Gasteiger partial charge in [0.1, 0.15) is 5.60 Å². The fourth-order valence-corrected chi connectivity index (χ4v) is 2.40. The molecule has 2 heterocycles. The van der Waals surface area contributed by atoms with Crippen molar-refractivity contribution >= 4 is 48.0 Å². The van der Waals surface area contributed by atoms with Crippen molar-refractivity contribution in [3.05, 3.63) is 0 Å². The Bertz CT molecular complexity index is 555. The fourth-order valence-electron chi connectivity index (χ4n) is 2.40. The second-order valence-corrected chi connectivity index (χ2v) is 6.93. The van der Waals surface area contributed by atoms with Crippen molar-refractivity contribution in [3.63, 3.8) is 0 Å². The molecule has 0 aliphatic carbocycles. The van der Waals surface area contributed by atoms with Gasteiger partial charge in [0.25, 0.3) is 0 Å². The first-order valence-corrected chi connectivity index (χ1v) is 8.23. The Morgan fingerprint density at radius 3 is 2.50 bits per heavy atom. The number of likely N-dealkylation sites (tertiary alicyclic amines) is 1. The summed E-state index contributed by atoms with van der Waals surface area (Å²) in [5.74, 6) is 0.322. The average Bonchev–Trinajstić information content (AvgIpc) is 2.78. The van der Waals surface area contributed by atoms with Gasteiger partial charge in [-0.15, -0.1) is 24.0 Å². The lowest BCUT2D eigenvalue weighted by molar-refractivity contribution is -0.124. The summed E-state index contributed by atoms with van der Waals surface area (Å²) >= 11 is 0. The van der Waals surface area contributed by atoms with E-state index in [9.17, 15) is 14.4 Å². The van der Waals surface area contributed by atoms with E-state index in [2.05, 4.69) is 20.9 Å². The van der Waals surface area contributed by atoms with E-state index in [0.29, 0.717) is 25.6 Å². The van der Waals surface area contributed by atoms with E-state index < -0.39 is 5.60 Å². The standard InChI is InChI=1S/C15H26N6O4.HI/c1-15(2,3)25-14(24)20-8-10(9-20)19-12(16-4)17-5-6-21-11(22)7-18-13(21)23;/h10H,5-9H2,1-4H3,(H,18,23)(H2,16,17,19);1H. The third-order valence-corrected chi connectivity index (χ3v) is 3.66. The van der Waals surface area contributed by atoms with E-state index in [-0.39, 0.29) is 61.1 Å². The molecule has 2 fully saturated rings. The first kappa shape index (κ1) is 22.3. The number of carbonyl (C=O) groups excluding carboxylic acids is 3. The first-order chi connectivity index (χ1) is 11.7. The molecule has 2 saturated heterocycles. The molecule has 148 valence electrons. The molecule has 2 rings (SSSR count). The zero-order valence-corrected chi connectivity index (χ0v) is 17.8.